The van der Waals surface area contributed by atoms with Crippen LogP contribution in [0.5, 0.6) is 0 Å². The van der Waals surface area contributed by atoms with Gasteiger partial charge >= 0.3 is 0 Å². The number of carbonyl (C=O) groups excluding carboxylic acids is 1. The van der Waals surface area contributed by atoms with E-state index in [1.807, 2.05) is 18.4 Å². The van der Waals surface area contributed by atoms with E-state index in [0.29, 0.717) is 5.69 Å². The quantitative estimate of drug-likeness (QED) is 0.861. The van der Waals surface area contributed by atoms with Crippen LogP contribution in [0.15, 0.2) is 29.4 Å². The van der Waals surface area contributed by atoms with Gasteiger partial charge in [0.05, 0.1) is 5.75 Å². The SMILES string of the molecule is CCn1c(C)nnc1SCC(=O)Nc1ccc(F)cc1. The molecule has 2 rings (SSSR count). The van der Waals surface area contributed by atoms with Gasteiger partial charge in [-0.3, -0.25) is 4.79 Å². The zero-order valence-electron chi connectivity index (χ0n) is 11.3. The van der Waals surface area contributed by atoms with Crippen molar-refractivity contribution in [3.05, 3.63) is 35.9 Å². The monoisotopic (exact) mass is 294 g/mol. The zero-order chi connectivity index (χ0) is 14.5. The average Bonchev–Trinajstić information content (AvgIpc) is 2.79. The molecule has 106 valence electrons. The fourth-order valence-corrected chi connectivity index (χ4v) is 2.54. The first-order chi connectivity index (χ1) is 9.60. The van der Waals surface area contributed by atoms with E-state index < -0.39 is 0 Å². The number of carbonyl (C=O) groups is 1. The van der Waals surface area contributed by atoms with Gasteiger partial charge in [-0.15, -0.1) is 10.2 Å². The number of aromatic nitrogens is 3. The van der Waals surface area contributed by atoms with Crippen LogP contribution in [0.3, 0.4) is 0 Å². The lowest BCUT2D eigenvalue weighted by molar-refractivity contribution is -0.113. The maximum Gasteiger partial charge on any atom is 0.234 e. The van der Waals surface area contributed by atoms with E-state index in [2.05, 4.69) is 15.5 Å². The predicted octanol–water partition coefficient (Wildman–Crippen LogP) is 2.48. The highest BCUT2D eigenvalue weighted by Crippen LogP contribution is 2.17. The summed E-state index contributed by atoms with van der Waals surface area (Å²) in [5.41, 5.74) is 0.574. The lowest BCUT2D eigenvalue weighted by Gasteiger charge is -2.06. The fourth-order valence-electron chi connectivity index (χ4n) is 1.69. The number of rotatable bonds is 5. The molecule has 7 heteroatoms. The van der Waals surface area contributed by atoms with Crippen molar-refractivity contribution in [3.63, 3.8) is 0 Å². The van der Waals surface area contributed by atoms with E-state index in [1.54, 1.807) is 0 Å². The third kappa shape index (κ3) is 3.57. The van der Waals surface area contributed by atoms with Crippen LogP contribution >= 0.6 is 11.8 Å². The van der Waals surface area contributed by atoms with Crippen molar-refractivity contribution in [2.45, 2.75) is 25.5 Å². The molecule has 0 saturated carbocycles. The van der Waals surface area contributed by atoms with Crippen LogP contribution in [0.25, 0.3) is 0 Å². The molecular weight excluding hydrogens is 279 g/mol. The summed E-state index contributed by atoms with van der Waals surface area (Å²) in [4.78, 5) is 11.8. The molecule has 20 heavy (non-hydrogen) atoms. The number of benzene rings is 1. The van der Waals surface area contributed by atoms with Gasteiger partial charge in [0, 0.05) is 12.2 Å². The van der Waals surface area contributed by atoms with Gasteiger partial charge in [0.1, 0.15) is 11.6 Å². The van der Waals surface area contributed by atoms with Gasteiger partial charge in [0.25, 0.3) is 0 Å². The summed E-state index contributed by atoms with van der Waals surface area (Å²) in [6, 6.07) is 5.66. The summed E-state index contributed by atoms with van der Waals surface area (Å²) < 4.78 is 14.7. The smallest absolute Gasteiger partial charge is 0.234 e. The lowest BCUT2D eigenvalue weighted by atomic mass is 10.3. The lowest BCUT2D eigenvalue weighted by Crippen LogP contribution is -2.14. The first kappa shape index (κ1) is 14.5. The Hall–Kier alpha value is -1.89. The Morgan fingerprint density at radius 1 is 1.35 bits per heavy atom. The molecule has 1 heterocycles. The van der Waals surface area contributed by atoms with Gasteiger partial charge in [-0.2, -0.15) is 0 Å². The molecule has 1 amide bonds. The van der Waals surface area contributed by atoms with E-state index in [0.717, 1.165) is 17.5 Å². The molecule has 0 bridgehead atoms. The average molecular weight is 294 g/mol. The number of hydrogen-bond acceptors (Lipinski definition) is 4. The first-order valence-electron chi connectivity index (χ1n) is 6.18. The number of anilines is 1. The minimum Gasteiger partial charge on any atom is -0.325 e. The van der Waals surface area contributed by atoms with Crippen molar-refractivity contribution in [2.75, 3.05) is 11.1 Å². The van der Waals surface area contributed by atoms with Crippen LogP contribution in [-0.2, 0) is 11.3 Å². The van der Waals surface area contributed by atoms with Crippen LogP contribution in [0, 0.1) is 12.7 Å². The predicted molar refractivity (Wildman–Crippen MR) is 76.2 cm³/mol. The highest BCUT2D eigenvalue weighted by Gasteiger charge is 2.10. The summed E-state index contributed by atoms with van der Waals surface area (Å²) in [7, 11) is 0. The summed E-state index contributed by atoms with van der Waals surface area (Å²) in [5.74, 6) is 0.568. The summed E-state index contributed by atoms with van der Waals surface area (Å²) in [6.07, 6.45) is 0. The minimum absolute atomic E-state index is 0.162. The summed E-state index contributed by atoms with van der Waals surface area (Å²) >= 11 is 1.33. The van der Waals surface area contributed by atoms with Gasteiger partial charge in [-0.25, -0.2) is 4.39 Å². The molecule has 1 aromatic carbocycles. The summed E-state index contributed by atoms with van der Waals surface area (Å²) in [6.45, 7) is 4.64. The molecule has 0 saturated heterocycles. The Balaban J connectivity index is 1.90. The number of thioether (sulfide) groups is 1. The molecule has 1 aromatic heterocycles. The second-order valence-electron chi connectivity index (χ2n) is 4.12. The van der Waals surface area contributed by atoms with Crippen molar-refractivity contribution in [1.29, 1.82) is 0 Å². The Labute approximate surface area is 120 Å². The molecule has 1 N–H and O–H groups in total. The largest absolute Gasteiger partial charge is 0.325 e. The highest BCUT2D eigenvalue weighted by atomic mass is 32.2. The maximum atomic E-state index is 12.7. The Morgan fingerprint density at radius 3 is 2.70 bits per heavy atom. The van der Waals surface area contributed by atoms with E-state index in [9.17, 15) is 9.18 Å². The van der Waals surface area contributed by atoms with Crippen LogP contribution in [0.4, 0.5) is 10.1 Å². The Kier molecular flexibility index (Phi) is 4.73. The van der Waals surface area contributed by atoms with Gasteiger partial charge in [0.15, 0.2) is 5.16 Å². The van der Waals surface area contributed by atoms with Gasteiger partial charge < -0.3 is 9.88 Å². The standard InChI is InChI=1S/C13H15FN4OS/c1-3-18-9(2)16-17-13(18)20-8-12(19)15-11-6-4-10(14)5-7-11/h4-7H,3,8H2,1-2H3,(H,15,19). The van der Waals surface area contributed by atoms with Crippen molar-refractivity contribution >= 4 is 23.4 Å². The third-order valence-corrected chi connectivity index (χ3v) is 3.65. The second kappa shape index (κ2) is 6.51. The van der Waals surface area contributed by atoms with E-state index in [-0.39, 0.29) is 17.5 Å². The zero-order valence-corrected chi connectivity index (χ0v) is 12.1. The number of amides is 1. The molecule has 0 spiro atoms. The van der Waals surface area contributed by atoms with E-state index in [1.165, 1.54) is 36.0 Å². The van der Waals surface area contributed by atoms with Crippen molar-refractivity contribution in [1.82, 2.24) is 14.8 Å². The molecular formula is C13H15FN4OS. The summed E-state index contributed by atoms with van der Waals surface area (Å²) in [5, 5.41) is 11.4. The molecule has 0 unspecified atom stereocenters. The van der Waals surface area contributed by atoms with Crippen LogP contribution in [0.2, 0.25) is 0 Å². The number of nitrogens with zero attached hydrogens (tertiary/aromatic N) is 3. The number of halogens is 1. The maximum absolute atomic E-state index is 12.7. The molecule has 0 aliphatic rings. The third-order valence-electron chi connectivity index (χ3n) is 2.68. The minimum atomic E-state index is -0.330. The van der Waals surface area contributed by atoms with Gasteiger partial charge in [-0.1, -0.05) is 11.8 Å². The Bertz CT molecular complexity index is 597. The number of hydrogen-bond donors (Lipinski definition) is 1. The van der Waals surface area contributed by atoms with Crippen molar-refractivity contribution < 1.29 is 9.18 Å². The Morgan fingerprint density at radius 2 is 2.05 bits per heavy atom. The van der Waals surface area contributed by atoms with E-state index >= 15 is 0 Å². The molecule has 0 aliphatic carbocycles. The molecule has 5 nitrogen and oxygen atoms in total. The molecule has 2 aromatic rings. The van der Waals surface area contributed by atoms with Crippen LogP contribution in [0.1, 0.15) is 12.7 Å². The molecule has 0 fully saturated rings. The topological polar surface area (TPSA) is 59.8 Å². The van der Waals surface area contributed by atoms with E-state index in [4.69, 9.17) is 0 Å². The number of nitrogens with one attached hydrogen (secondary N) is 1. The second-order valence-corrected chi connectivity index (χ2v) is 5.06. The van der Waals surface area contributed by atoms with Crippen LogP contribution < -0.4 is 5.32 Å². The molecule has 0 radical (unpaired) electrons. The highest BCUT2D eigenvalue weighted by molar-refractivity contribution is 7.99. The van der Waals surface area contributed by atoms with Gasteiger partial charge in [-0.05, 0) is 38.1 Å². The van der Waals surface area contributed by atoms with Gasteiger partial charge in [0.2, 0.25) is 5.91 Å². The molecule has 0 atom stereocenters. The van der Waals surface area contributed by atoms with Crippen molar-refractivity contribution in [3.8, 4) is 0 Å². The van der Waals surface area contributed by atoms with Crippen LogP contribution in [-0.4, -0.2) is 26.4 Å². The molecule has 0 aliphatic heterocycles. The first-order valence-corrected chi connectivity index (χ1v) is 7.16. The fraction of sp³-hybridized carbons (Fsp3) is 0.308. The normalized spacial score (nSPS) is 10.6. The van der Waals surface area contributed by atoms with Crippen molar-refractivity contribution in [2.24, 2.45) is 0 Å². The number of aryl methyl sites for hydroxylation is 1.